The lowest BCUT2D eigenvalue weighted by Gasteiger charge is -2.07. The van der Waals surface area contributed by atoms with Crippen LogP contribution in [0, 0.1) is 22.7 Å². The third-order valence-electron chi connectivity index (χ3n) is 2.20. The van der Waals surface area contributed by atoms with Crippen molar-refractivity contribution in [3.05, 3.63) is 41.0 Å². The number of carboxylic acids is 1. The summed E-state index contributed by atoms with van der Waals surface area (Å²) in [5.74, 6) is -0.994. The van der Waals surface area contributed by atoms with Crippen molar-refractivity contribution in [3.63, 3.8) is 0 Å². The van der Waals surface area contributed by atoms with Gasteiger partial charge in [-0.05, 0) is 30.7 Å². The number of hydrogen-bond donors (Lipinski definition) is 2. The SMILES string of the molecule is C/C(=C/C(=O)O)CNc1ccc(C#N)c(C#N)c1. The molecule has 0 saturated carbocycles. The molecule has 0 heterocycles. The van der Waals surface area contributed by atoms with Gasteiger partial charge in [0.15, 0.2) is 0 Å². The second-order valence-electron chi connectivity index (χ2n) is 3.67. The third-order valence-corrected chi connectivity index (χ3v) is 2.20. The molecule has 0 aromatic heterocycles. The number of nitriles is 2. The highest BCUT2D eigenvalue weighted by molar-refractivity contribution is 5.80. The Morgan fingerprint density at radius 1 is 1.39 bits per heavy atom. The van der Waals surface area contributed by atoms with Crippen LogP contribution < -0.4 is 5.32 Å². The number of hydrogen-bond acceptors (Lipinski definition) is 4. The van der Waals surface area contributed by atoms with Gasteiger partial charge in [-0.1, -0.05) is 0 Å². The smallest absolute Gasteiger partial charge is 0.328 e. The van der Waals surface area contributed by atoms with Crippen LogP contribution in [0.4, 0.5) is 5.69 Å². The van der Waals surface area contributed by atoms with Crippen molar-refractivity contribution >= 4 is 11.7 Å². The molecule has 0 aliphatic heterocycles. The van der Waals surface area contributed by atoms with E-state index in [1.54, 1.807) is 25.1 Å². The van der Waals surface area contributed by atoms with Gasteiger partial charge in [0.25, 0.3) is 0 Å². The molecule has 0 fully saturated rings. The summed E-state index contributed by atoms with van der Waals surface area (Å²) in [4.78, 5) is 10.4. The number of carbonyl (C=O) groups is 1. The van der Waals surface area contributed by atoms with Crippen molar-refractivity contribution in [1.82, 2.24) is 0 Å². The van der Waals surface area contributed by atoms with Crippen LogP contribution in [0.15, 0.2) is 29.8 Å². The Morgan fingerprint density at radius 3 is 2.61 bits per heavy atom. The second-order valence-corrected chi connectivity index (χ2v) is 3.67. The van der Waals surface area contributed by atoms with Crippen molar-refractivity contribution in [1.29, 1.82) is 10.5 Å². The number of nitrogens with zero attached hydrogens (tertiary/aromatic N) is 2. The maximum atomic E-state index is 10.4. The fraction of sp³-hybridized carbons (Fsp3) is 0.154. The van der Waals surface area contributed by atoms with Gasteiger partial charge in [0.1, 0.15) is 12.1 Å². The van der Waals surface area contributed by atoms with E-state index in [4.69, 9.17) is 15.6 Å². The highest BCUT2D eigenvalue weighted by Crippen LogP contribution is 2.14. The van der Waals surface area contributed by atoms with Crippen molar-refractivity contribution in [2.45, 2.75) is 6.92 Å². The van der Waals surface area contributed by atoms with E-state index in [9.17, 15) is 4.79 Å². The van der Waals surface area contributed by atoms with Gasteiger partial charge >= 0.3 is 5.97 Å². The molecule has 1 rings (SSSR count). The summed E-state index contributed by atoms with van der Waals surface area (Å²) in [5.41, 5.74) is 1.94. The lowest BCUT2D eigenvalue weighted by molar-refractivity contribution is -0.131. The summed E-state index contributed by atoms with van der Waals surface area (Å²) in [5, 5.41) is 29.1. The van der Waals surface area contributed by atoms with Gasteiger partial charge in [0, 0.05) is 18.3 Å². The van der Waals surface area contributed by atoms with E-state index in [1.807, 2.05) is 12.1 Å². The molecule has 0 bridgehead atoms. The van der Waals surface area contributed by atoms with Gasteiger partial charge in [-0.2, -0.15) is 10.5 Å². The third kappa shape index (κ3) is 3.66. The Labute approximate surface area is 105 Å². The van der Waals surface area contributed by atoms with Gasteiger partial charge in [0.05, 0.1) is 11.1 Å². The van der Waals surface area contributed by atoms with Gasteiger partial charge in [-0.3, -0.25) is 0 Å². The number of nitrogens with one attached hydrogen (secondary N) is 1. The zero-order chi connectivity index (χ0) is 13.5. The van der Waals surface area contributed by atoms with Crippen LogP contribution in [0.2, 0.25) is 0 Å². The Morgan fingerprint density at radius 2 is 2.06 bits per heavy atom. The molecule has 1 aromatic rings. The second kappa shape index (κ2) is 6.07. The molecule has 0 atom stereocenters. The number of rotatable bonds is 4. The molecule has 0 unspecified atom stereocenters. The van der Waals surface area contributed by atoms with E-state index < -0.39 is 5.97 Å². The molecule has 5 nitrogen and oxygen atoms in total. The first-order valence-electron chi connectivity index (χ1n) is 5.15. The highest BCUT2D eigenvalue weighted by Gasteiger charge is 2.02. The van der Waals surface area contributed by atoms with Crippen LogP contribution in [0.25, 0.3) is 0 Å². The molecule has 0 amide bonds. The van der Waals surface area contributed by atoms with Crippen molar-refractivity contribution in [2.75, 3.05) is 11.9 Å². The molecule has 0 aliphatic rings. The van der Waals surface area contributed by atoms with Crippen molar-refractivity contribution in [3.8, 4) is 12.1 Å². The van der Waals surface area contributed by atoms with Crippen LogP contribution in [0.1, 0.15) is 18.1 Å². The van der Waals surface area contributed by atoms with E-state index in [0.29, 0.717) is 28.9 Å². The molecule has 18 heavy (non-hydrogen) atoms. The van der Waals surface area contributed by atoms with E-state index in [1.165, 1.54) is 0 Å². The van der Waals surface area contributed by atoms with Crippen LogP contribution in [-0.2, 0) is 4.79 Å². The van der Waals surface area contributed by atoms with Crippen LogP contribution in [-0.4, -0.2) is 17.6 Å². The molecule has 0 saturated heterocycles. The first-order valence-corrected chi connectivity index (χ1v) is 5.15. The Balaban J connectivity index is 2.79. The maximum absolute atomic E-state index is 10.4. The maximum Gasteiger partial charge on any atom is 0.328 e. The largest absolute Gasteiger partial charge is 0.478 e. The average Bonchev–Trinajstić information content (AvgIpc) is 2.35. The molecular formula is C13H11N3O2. The molecule has 90 valence electrons. The number of carboxylic acid groups (broad SMARTS) is 1. The Kier molecular flexibility index (Phi) is 4.48. The normalized spacial score (nSPS) is 10.3. The Hall–Kier alpha value is -2.79. The van der Waals surface area contributed by atoms with E-state index in [2.05, 4.69) is 5.32 Å². The van der Waals surface area contributed by atoms with E-state index in [0.717, 1.165) is 6.08 Å². The first kappa shape index (κ1) is 13.3. The van der Waals surface area contributed by atoms with Crippen molar-refractivity contribution in [2.24, 2.45) is 0 Å². The topological polar surface area (TPSA) is 96.9 Å². The minimum Gasteiger partial charge on any atom is -0.478 e. The summed E-state index contributed by atoms with van der Waals surface area (Å²) in [6.45, 7) is 2.05. The predicted molar refractivity (Wildman–Crippen MR) is 65.8 cm³/mol. The van der Waals surface area contributed by atoms with Crippen LogP contribution in [0.5, 0.6) is 0 Å². The first-order chi connectivity index (χ1) is 8.56. The standard InChI is InChI=1S/C13H11N3O2/c1-9(4-13(17)18)8-16-12-3-2-10(6-14)11(5-12)7-15/h2-5,16H,8H2,1H3,(H,17,18)/b9-4-. The lowest BCUT2D eigenvalue weighted by atomic mass is 10.1. The fourth-order valence-electron chi connectivity index (χ4n) is 1.35. The van der Waals surface area contributed by atoms with E-state index >= 15 is 0 Å². The number of benzene rings is 1. The van der Waals surface area contributed by atoms with Crippen molar-refractivity contribution < 1.29 is 9.90 Å². The van der Waals surface area contributed by atoms with Crippen LogP contribution >= 0.6 is 0 Å². The summed E-state index contributed by atoms with van der Waals surface area (Å²) < 4.78 is 0. The summed E-state index contributed by atoms with van der Waals surface area (Å²) in [6.07, 6.45) is 1.11. The predicted octanol–water partition coefficient (Wildman–Crippen LogP) is 1.87. The molecule has 0 spiro atoms. The highest BCUT2D eigenvalue weighted by atomic mass is 16.4. The minimum atomic E-state index is -0.994. The quantitative estimate of drug-likeness (QED) is 0.784. The van der Waals surface area contributed by atoms with Gasteiger partial charge in [-0.15, -0.1) is 0 Å². The fourth-order valence-corrected chi connectivity index (χ4v) is 1.35. The average molecular weight is 241 g/mol. The molecule has 0 radical (unpaired) electrons. The number of aliphatic carboxylic acids is 1. The van der Waals surface area contributed by atoms with Gasteiger partial charge in [0.2, 0.25) is 0 Å². The minimum absolute atomic E-state index is 0.294. The lowest BCUT2D eigenvalue weighted by Crippen LogP contribution is -2.05. The van der Waals surface area contributed by atoms with Gasteiger partial charge in [-0.25, -0.2) is 4.79 Å². The summed E-state index contributed by atoms with van der Waals surface area (Å²) in [6, 6.07) is 8.65. The van der Waals surface area contributed by atoms with E-state index in [-0.39, 0.29) is 0 Å². The molecule has 0 aliphatic carbocycles. The summed E-state index contributed by atoms with van der Waals surface area (Å²) in [7, 11) is 0. The molecule has 1 aromatic carbocycles. The Bertz CT molecular complexity index is 577. The monoisotopic (exact) mass is 241 g/mol. The summed E-state index contributed by atoms with van der Waals surface area (Å²) >= 11 is 0. The van der Waals surface area contributed by atoms with Gasteiger partial charge < -0.3 is 10.4 Å². The zero-order valence-corrected chi connectivity index (χ0v) is 9.77. The van der Waals surface area contributed by atoms with Crippen LogP contribution in [0.3, 0.4) is 0 Å². The molecule has 2 N–H and O–H groups in total. The number of anilines is 1. The molecule has 5 heteroatoms. The zero-order valence-electron chi connectivity index (χ0n) is 9.77. The molecular weight excluding hydrogens is 230 g/mol.